The van der Waals surface area contributed by atoms with Gasteiger partial charge in [-0.1, -0.05) is 6.42 Å². The SMILES string of the molecule is Cc1cc(Br)cnc1N1CC2CCCC2C1. The Balaban J connectivity index is 1.83. The lowest BCUT2D eigenvalue weighted by Crippen LogP contribution is -2.22. The van der Waals surface area contributed by atoms with E-state index < -0.39 is 0 Å². The fourth-order valence-corrected chi connectivity index (χ4v) is 3.72. The van der Waals surface area contributed by atoms with Crippen LogP contribution in [0.25, 0.3) is 0 Å². The van der Waals surface area contributed by atoms with Crippen molar-refractivity contribution in [3.8, 4) is 0 Å². The molecule has 86 valence electrons. The smallest absolute Gasteiger partial charge is 0.131 e. The van der Waals surface area contributed by atoms with E-state index in [4.69, 9.17) is 0 Å². The summed E-state index contributed by atoms with van der Waals surface area (Å²) in [6.45, 7) is 4.60. The fraction of sp³-hybridized carbons (Fsp3) is 0.615. The predicted octanol–water partition coefficient (Wildman–Crippen LogP) is 3.39. The molecule has 3 heteroatoms. The van der Waals surface area contributed by atoms with Crippen LogP contribution in [0.15, 0.2) is 16.7 Å². The van der Waals surface area contributed by atoms with Crippen molar-refractivity contribution < 1.29 is 0 Å². The highest BCUT2D eigenvalue weighted by molar-refractivity contribution is 9.10. The minimum atomic E-state index is 0.935. The molecule has 1 aliphatic carbocycles. The van der Waals surface area contributed by atoms with E-state index in [0.29, 0.717) is 0 Å². The minimum absolute atomic E-state index is 0.935. The Morgan fingerprint density at radius 2 is 2.00 bits per heavy atom. The topological polar surface area (TPSA) is 16.1 Å². The van der Waals surface area contributed by atoms with Gasteiger partial charge in [0.25, 0.3) is 0 Å². The number of fused-ring (bicyclic) bond motifs is 1. The molecule has 2 nitrogen and oxygen atoms in total. The highest BCUT2D eigenvalue weighted by Gasteiger charge is 2.36. The van der Waals surface area contributed by atoms with Crippen LogP contribution in [0, 0.1) is 18.8 Å². The van der Waals surface area contributed by atoms with E-state index in [1.165, 1.54) is 43.7 Å². The summed E-state index contributed by atoms with van der Waals surface area (Å²) in [5, 5.41) is 0. The van der Waals surface area contributed by atoms with Crippen LogP contribution in [0.4, 0.5) is 5.82 Å². The maximum Gasteiger partial charge on any atom is 0.131 e. The Labute approximate surface area is 105 Å². The Hall–Kier alpha value is -0.570. The molecule has 0 amide bonds. The Kier molecular flexibility index (Phi) is 2.66. The van der Waals surface area contributed by atoms with Gasteiger partial charge in [-0.25, -0.2) is 4.98 Å². The fourth-order valence-electron chi connectivity index (χ4n) is 3.27. The van der Waals surface area contributed by atoms with Gasteiger partial charge in [-0.15, -0.1) is 0 Å². The predicted molar refractivity (Wildman–Crippen MR) is 69.7 cm³/mol. The van der Waals surface area contributed by atoms with E-state index in [1.54, 1.807) is 0 Å². The lowest BCUT2D eigenvalue weighted by Gasteiger charge is -2.20. The van der Waals surface area contributed by atoms with Crippen molar-refractivity contribution in [1.82, 2.24) is 4.98 Å². The largest absolute Gasteiger partial charge is 0.356 e. The van der Waals surface area contributed by atoms with Crippen molar-refractivity contribution in [2.45, 2.75) is 26.2 Å². The number of pyridine rings is 1. The van der Waals surface area contributed by atoms with E-state index in [2.05, 4.69) is 38.8 Å². The molecule has 0 bridgehead atoms. The van der Waals surface area contributed by atoms with Gasteiger partial charge in [0.05, 0.1) is 0 Å². The highest BCUT2D eigenvalue weighted by atomic mass is 79.9. The molecule has 0 N–H and O–H groups in total. The van der Waals surface area contributed by atoms with E-state index in [-0.39, 0.29) is 0 Å². The van der Waals surface area contributed by atoms with Gasteiger partial charge < -0.3 is 4.90 Å². The van der Waals surface area contributed by atoms with E-state index >= 15 is 0 Å². The third-order valence-electron chi connectivity index (χ3n) is 4.04. The van der Waals surface area contributed by atoms with Crippen LogP contribution in [0.3, 0.4) is 0 Å². The zero-order valence-electron chi connectivity index (χ0n) is 9.62. The first kappa shape index (κ1) is 10.6. The molecule has 2 fully saturated rings. The highest BCUT2D eigenvalue weighted by Crippen LogP contribution is 2.39. The lowest BCUT2D eigenvalue weighted by molar-refractivity contribution is 0.494. The van der Waals surface area contributed by atoms with Gasteiger partial charge in [-0.2, -0.15) is 0 Å². The van der Waals surface area contributed by atoms with Crippen molar-refractivity contribution in [2.75, 3.05) is 18.0 Å². The summed E-state index contributed by atoms with van der Waals surface area (Å²) in [5.74, 6) is 3.06. The van der Waals surface area contributed by atoms with E-state index in [9.17, 15) is 0 Å². The van der Waals surface area contributed by atoms with Crippen LogP contribution in [-0.4, -0.2) is 18.1 Å². The summed E-state index contributed by atoms with van der Waals surface area (Å²) in [5.41, 5.74) is 1.29. The minimum Gasteiger partial charge on any atom is -0.356 e. The molecular formula is C13H17BrN2. The summed E-state index contributed by atoms with van der Waals surface area (Å²) >= 11 is 3.47. The molecule has 3 rings (SSSR count). The standard InChI is InChI=1S/C13H17BrN2/c1-9-5-12(14)6-15-13(9)16-7-10-3-2-4-11(10)8-16/h5-6,10-11H,2-4,7-8H2,1H3. The number of anilines is 1. The van der Waals surface area contributed by atoms with Crippen LogP contribution in [-0.2, 0) is 0 Å². The summed E-state index contributed by atoms with van der Waals surface area (Å²) < 4.78 is 1.08. The van der Waals surface area contributed by atoms with Gasteiger partial charge in [0.15, 0.2) is 0 Å². The zero-order valence-corrected chi connectivity index (χ0v) is 11.2. The monoisotopic (exact) mass is 280 g/mol. The van der Waals surface area contributed by atoms with E-state index in [0.717, 1.165) is 16.3 Å². The average Bonchev–Trinajstić information content (AvgIpc) is 2.76. The Morgan fingerprint density at radius 3 is 2.62 bits per heavy atom. The van der Waals surface area contributed by atoms with Crippen molar-refractivity contribution in [3.63, 3.8) is 0 Å². The van der Waals surface area contributed by atoms with Crippen LogP contribution < -0.4 is 4.90 Å². The zero-order chi connectivity index (χ0) is 11.1. The molecule has 0 spiro atoms. The van der Waals surface area contributed by atoms with Crippen molar-refractivity contribution in [1.29, 1.82) is 0 Å². The van der Waals surface area contributed by atoms with Crippen LogP contribution >= 0.6 is 15.9 Å². The second kappa shape index (κ2) is 4.02. The van der Waals surface area contributed by atoms with Crippen LogP contribution in [0.5, 0.6) is 0 Å². The molecule has 1 saturated heterocycles. The van der Waals surface area contributed by atoms with Gasteiger partial charge in [-0.3, -0.25) is 0 Å². The van der Waals surface area contributed by atoms with Crippen molar-refractivity contribution in [3.05, 3.63) is 22.3 Å². The van der Waals surface area contributed by atoms with Crippen LogP contribution in [0.2, 0.25) is 0 Å². The molecule has 0 aromatic carbocycles. The molecule has 2 atom stereocenters. The van der Waals surface area contributed by atoms with Gasteiger partial charge in [0, 0.05) is 23.8 Å². The molecule has 2 heterocycles. The lowest BCUT2D eigenvalue weighted by atomic mass is 10.0. The van der Waals surface area contributed by atoms with E-state index in [1.807, 2.05) is 6.20 Å². The number of hydrogen-bond donors (Lipinski definition) is 0. The number of hydrogen-bond acceptors (Lipinski definition) is 2. The summed E-state index contributed by atoms with van der Waals surface area (Å²) in [7, 11) is 0. The Bertz CT molecular complexity index is 393. The number of nitrogens with zero attached hydrogens (tertiary/aromatic N) is 2. The maximum atomic E-state index is 4.57. The van der Waals surface area contributed by atoms with Crippen molar-refractivity contribution in [2.24, 2.45) is 11.8 Å². The van der Waals surface area contributed by atoms with Gasteiger partial charge in [-0.05, 0) is 59.2 Å². The Morgan fingerprint density at radius 1 is 1.31 bits per heavy atom. The molecular weight excluding hydrogens is 264 g/mol. The normalized spacial score (nSPS) is 28.5. The van der Waals surface area contributed by atoms with Gasteiger partial charge in [0.2, 0.25) is 0 Å². The molecule has 0 radical (unpaired) electrons. The quantitative estimate of drug-likeness (QED) is 0.784. The molecule has 1 aliphatic heterocycles. The molecule has 1 saturated carbocycles. The second-order valence-electron chi connectivity index (χ2n) is 5.15. The summed E-state index contributed by atoms with van der Waals surface area (Å²) in [6, 6.07) is 2.16. The molecule has 16 heavy (non-hydrogen) atoms. The first-order valence-electron chi connectivity index (χ1n) is 6.11. The number of aryl methyl sites for hydroxylation is 1. The van der Waals surface area contributed by atoms with Crippen molar-refractivity contribution >= 4 is 21.7 Å². The van der Waals surface area contributed by atoms with Gasteiger partial charge >= 0.3 is 0 Å². The third-order valence-corrected chi connectivity index (χ3v) is 4.48. The molecule has 2 aliphatic rings. The summed E-state index contributed by atoms with van der Waals surface area (Å²) in [4.78, 5) is 7.05. The van der Waals surface area contributed by atoms with Gasteiger partial charge in [0.1, 0.15) is 5.82 Å². The first-order valence-corrected chi connectivity index (χ1v) is 6.90. The summed E-state index contributed by atoms with van der Waals surface area (Å²) in [6.07, 6.45) is 6.21. The molecule has 1 aromatic heterocycles. The third kappa shape index (κ3) is 1.75. The average molecular weight is 281 g/mol. The first-order chi connectivity index (χ1) is 7.74. The maximum absolute atomic E-state index is 4.57. The van der Waals surface area contributed by atoms with Crippen LogP contribution in [0.1, 0.15) is 24.8 Å². The second-order valence-corrected chi connectivity index (χ2v) is 6.07. The molecule has 1 aromatic rings. The number of halogens is 1. The number of rotatable bonds is 1. The molecule has 2 unspecified atom stereocenters. The number of aromatic nitrogens is 1.